The molecule has 0 aliphatic heterocycles. The standard InChI is InChI=1S/C15H10N2/c16-10-15(11-17)14-8-6-13(7-9-14)12-4-2-1-3-5-12/h1-9,15H. The summed E-state index contributed by atoms with van der Waals surface area (Å²) in [5, 5.41) is 17.6. The Morgan fingerprint density at radius 1 is 0.706 bits per heavy atom. The lowest BCUT2D eigenvalue weighted by atomic mass is 9.98. The van der Waals surface area contributed by atoms with Crippen LogP contribution in [0.3, 0.4) is 0 Å². The minimum absolute atomic E-state index is 0.681. The highest BCUT2D eigenvalue weighted by atomic mass is 14.3. The van der Waals surface area contributed by atoms with Crippen molar-refractivity contribution in [1.29, 1.82) is 10.5 Å². The third-order valence-corrected chi connectivity index (χ3v) is 2.61. The minimum atomic E-state index is -0.681. The highest BCUT2D eigenvalue weighted by molar-refractivity contribution is 5.63. The average Bonchev–Trinajstić information content (AvgIpc) is 2.42. The lowest BCUT2D eigenvalue weighted by Crippen LogP contribution is -1.91. The van der Waals surface area contributed by atoms with Gasteiger partial charge >= 0.3 is 0 Å². The first-order valence-electron chi connectivity index (χ1n) is 5.30. The van der Waals surface area contributed by atoms with Crippen molar-refractivity contribution in [3.8, 4) is 23.3 Å². The molecule has 0 unspecified atom stereocenters. The van der Waals surface area contributed by atoms with Gasteiger partial charge in [-0.1, -0.05) is 54.6 Å². The molecule has 2 aromatic rings. The lowest BCUT2D eigenvalue weighted by Gasteiger charge is -2.04. The summed E-state index contributed by atoms with van der Waals surface area (Å²) in [5.74, 6) is -0.681. The molecule has 80 valence electrons. The second kappa shape index (κ2) is 4.96. The van der Waals surface area contributed by atoms with Gasteiger partial charge in [-0.3, -0.25) is 0 Å². The van der Waals surface area contributed by atoms with Crippen LogP contribution in [0.5, 0.6) is 0 Å². The first-order valence-corrected chi connectivity index (χ1v) is 5.30. The normalized spacial score (nSPS) is 9.59. The van der Waals surface area contributed by atoms with Crippen molar-refractivity contribution in [2.75, 3.05) is 0 Å². The Kier molecular flexibility index (Phi) is 3.19. The summed E-state index contributed by atoms with van der Waals surface area (Å²) in [5.41, 5.74) is 2.96. The van der Waals surface area contributed by atoms with Gasteiger partial charge in [-0.25, -0.2) is 0 Å². The number of hydrogen-bond acceptors (Lipinski definition) is 2. The molecule has 0 aliphatic rings. The fourth-order valence-corrected chi connectivity index (χ4v) is 1.68. The molecule has 2 rings (SSSR count). The summed E-state index contributed by atoms with van der Waals surface area (Å²) in [4.78, 5) is 0. The van der Waals surface area contributed by atoms with Crippen LogP contribution in [0.2, 0.25) is 0 Å². The highest BCUT2D eigenvalue weighted by Crippen LogP contribution is 2.22. The van der Waals surface area contributed by atoms with Crippen LogP contribution in [0.1, 0.15) is 11.5 Å². The average molecular weight is 218 g/mol. The molecule has 0 aromatic heterocycles. The smallest absolute Gasteiger partial charge is 0.158 e. The molecule has 2 aromatic carbocycles. The molecule has 17 heavy (non-hydrogen) atoms. The van der Waals surface area contributed by atoms with Gasteiger partial charge in [0.05, 0.1) is 12.1 Å². The zero-order valence-corrected chi connectivity index (χ0v) is 9.17. The number of hydrogen-bond donors (Lipinski definition) is 0. The van der Waals surface area contributed by atoms with E-state index in [0.29, 0.717) is 0 Å². The van der Waals surface area contributed by atoms with E-state index in [-0.39, 0.29) is 0 Å². The van der Waals surface area contributed by atoms with Crippen molar-refractivity contribution in [2.24, 2.45) is 0 Å². The van der Waals surface area contributed by atoms with Crippen molar-refractivity contribution in [3.05, 3.63) is 60.2 Å². The van der Waals surface area contributed by atoms with Crippen molar-refractivity contribution >= 4 is 0 Å². The van der Waals surface area contributed by atoms with Crippen LogP contribution < -0.4 is 0 Å². The van der Waals surface area contributed by atoms with Crippen molar-refractivity contribution in [3.63, 3.8) is 0 Å². The van der Waals surface area contributed by atoms with Gasteiger partial charge in [0.15, 0.2) is 5.92 Å². The monoisotopic (exact) mass is 218 g/mol. The molecule has 0 saturated heterocycles. The van der Waals surface area contributed by atoms with Crippen molar-refractivity contribution < 1.29 is 0 Å². The molecule has 0 amide bonds. The van der Waals surface area contributed by atoms with Gasteiger partial charge in [-0.15, -0.1) is 0 Å². The van der Waals surface area contributed by atoms with Crippen LogP contribution in [0.4, 0.5) is 0 Å². The van der Waals surface area contributed by atoms with Crippen molar-refractivity contribution in [1.82, 2.24) is 0 Å². The molecule has 0 aliphatic carbocycles. The van der Waals surface area contributed by atoms with Gasteiger partial charge in [0, 0.05) is 0 Å². The maximum atomic E-state index is 8.79. The first kappa shape index (κ1) is 10.9. The number of benzene rings is 2. The largest absolute Gasteiger partial charge is 0.196 e. The quantitative estimate of drug-likeness (QED) is 0.774. The summed E-state index contributed by atoms with van der Waals surface area (Å²) >= 11 is 0. The molecule has 0 N–H and O–H groups in total. The Bertz CT molecular complexity index is 557. The molecular weight excluding hydrogens is 208 g/mol. The third kappa shape index (κ3) is 2.33. The third-order valence-electron chi connectivity index (χ3n) is 2.61. The summed E-state index contributed by atoms with van der Waals surface area (Å²) in [7, 11) is 0. The molecule has 0 atom stereocenters. The maximum absolute atomic E-state index is 8.79. The van der Waals surface area contributed by atoms with Crippen LogP contribution >= 0.6 is 0 Å². The summed E-state index contributed by atoms with van der Waals surface area (Å²) in [6.07, 6.45) is 0. The number of nitriles is 2. The molecular formula is C15H10N2. The second-order valence-electron chi connectivity index (χ2n) is 3.68. The molecule has 0 fully saturated rings. The van der Waals surface area contributed by atoms with E-state index in [1.54, 1.807) is 0 Å². The zero-order chi connectivity index (χ0) is 12.1. The molecule has 0 heterocycles. The number of rotatable bonds is 2. The molecule has 0 saturated carbocycles. The fourth-order valence-electron chi connectivity index (χ4n) is 1.68. The predicted octanol–water partition coefficient (Wildman–Crippen LogP) is 3.48. The minimum Gasteiger partial charge on any atom is -0.196 e. The number of nitrogens with zero attached hydrogens (tertiary/aromatic N) is 2. The topological polar surface area (TPSA) is 47.6 Å². The summed E-state index contributed by atoms with van der Waals surface area (Å²) in [6.45, 7) is 0. The van der Waals surface area contributed by atoms with E-state index >= 15 is 0 Å². The Balaban J connectivity index is 2.32. The van der Waals surface area contributed by atoms with Crippen LogP contribution in [0.25, 0.3) is 11.1 Å². The van der Waals surface area contributed by atoms with Gasteiger partial charge < -0.3 is 0 Å². The predicted molar refractivity (Wildman–Crippen MR) is 65.8 cm³/mol. The van der Waals surface area contributed by atoms with Crippen LogP contribution in [0, 0.1) is 22.7 Å². The van der Waals surface area contributed by atoms with Crippen LogP contribution in [0.15, 0.2) is 54.6 Å². The molecule has 2 nitrogen and oxygen atoms in total. The van der Waals surface area contributed by atoms with Gasteiger partial charge in [0.1, 0.15) is 0 Å². The van der Waals surface area contributed by atoms with Crippen LogP contribution in [-0.4, -0.2) is 0 Å². The van der Waals surface area contributed by atoms with E-state index < -0.39 is 5.92 Å². The van der Waals surface area contributed by atoms with Crippen LogP contribution in [-0.2, 0) is 0 Å². The first-order chi connectivity index (χ1) is 8.35. The van der Waals surface area contributed by atoms with Crippen molar-refractivity contribution in [2.45, 2.75) is 5.92 Å². The molecule has 0 spiro atoms. The lowest BCUT2D eigenvalue weighted by molar-refractivity contribution is 1.10. The molecule has 0 radical (unpaired) electrons. The molecule has 0 bridgehead atoms. The van der Waals surface area contributed by atoms with E-state index in [0.717, 1.165) is 16.7 Å². The van der Waals surface area contributed by atoms with Gasteiger partial charge in [-0.05, 0) is 16.7 Å². The Morgan fingerprint density at radius 2 is 1.24 bits per heavy atom. The highest BCUT2D eigenvalue weighted by Gasteiger charge is 2.08. The van der Waals surface area contributed by atoms with E-state index in [9.17, 15) is 0 Å². The zero-order valence-electron chi connectivity index (χ0n) is 9.17. The van der Waals surface area contributed by atoms with E-state index in [4.69, 9.17) is 10.5 Å². The summed E-state index contributed by atoms with van der Waals surface area (Å²) < 4.78 is 0. The molecule has 2 heteroatoms. The van der Waals surface area contributed by atoms with E-state index in [1.165, 1.54) is 0 Å². The van der Waals surface area contributed by atoms with Gasteiger partial charge in [0.25, 0.3) is 0 Å². The summed E-state index contributed by atoms with van der Waals surface area (Å²) in [6, 6.07) is 21.5. The SMILES string of the molecule is N#CC(C#N)c1ccc(-c2ccccc2)cc1. The fraction of sp³-hybridized carbons (Fsp3) is 0.0667. The maximum Gasteiger partial charge on any atom is 0.158 e. The second-order valence-corrected chi connectivity index (χ2v) is 3.68. The van der Waals surface area contributed by atoms with E-state index in [2.05, 4.69) is 0 Å². The Labute approximate surface area is 100 Å². The van der Waals surface area contributed by atoms with E-state index in [1.807, 2.05) is 66.7 Å². The van der Waals surface area contributed by atoms with Gasteiger partial charge in [0.2, 0.25) is 0 Å². The Morgan fingerprint density at radius 3 is 1.76 bits per heavy atom. The van der Waals surface area contributed by atoms with Gasteiger partial charge in [-0.2, -0.15) is 10.5 Å². The Hall–Kier alpha value is -2.58.